The minimum Gasteiger partial charge on any atom is -0.476 e. The Morgan fingerprint density at radius 3 is 2.95 bits per heavy atom. The first-order chi connectivity index (χ1) is 9.63. The number of amides is 1. The molecule has 0 saturated heterocycles. The summed E-state index contributed by atoms with van der Waals surface area (Å²) >= 11 is 0. The Labute approximate surface area is 115 Å². The Bertz CT molecular complexity index is 478. The van der Waals surface area contributed by atoms with Crippen LogP contribution < -0.4 is 4.74 Å². The van der Waals surface area contributed by atoms with Crippen molar-refractivity contribution in [2.24, 2.45) is 5.92 Å². The molecule has 1 aliphatic carbocycles. The Balaban J connectivity index is 1.72. The maximum Gasteiger partial charge on any atom is 0.274 e. The molecule has 2 aliphatic rings. The van der Waals surface area contributed by atoms with Gasteiger partial charge in [0.25, 0.3) is 12.3 Å². The highest BCUT2D eigenvalue weighted by atomic mass is 19.3. The van der Waals surface area contributed by atoms with Gasteiger partial charge in [-0.2, -0.15) is 5.10 Å². The maximum atomic E-state index is 12.7. The molecule has 0 aromatic carbocycles. The molecule has 1 aromatic heterocycles. The molecule has 0 radical (unpaired) electrons. The van der Waals surface area contributed by atoms with Crippen LogP contribution in [0.4, 0.5) is 8.78 Å². The van der Waals surface area contributed by atoms with Crippen molar-refractivity contribution in [1.82, 2.24) is 14.7 Å². The van der Waals surface area contributed by atoms with Crippen molar-refractivity contribution in [2.75, 3.05) is 19.7 Å². The molecule has 1 fully saturated rings. The predicted molar refractivity (Wildman–Crippen MR) is 67.0 cm³/mol. The van der Waals surface area contributed by atoms with E-state index in [2.05, 4.69) is 5.10 Å². The first-order valence-corrected chi connectivity index (χ1v) is 6.91. The Morgan fingerprint density at radius 1 is 1.55 bits per heavy atom. The number of ether oxygens (including phenoxy) is 1. The van der Waals surface area contributed by atoms with Gasteiger partial charge in [0, 0.05) is 12.6 Å². The van der Waals surface area contributed by atoms with Gasteiger partial charge in [0.1, 0.15) is 6.61 Å². The summed E-state index contributed by atoms with van der Waals surface area (Å²) in [4.78, 5) is 13.6. The number of rotatable bonds is 5. The summed E-state index contributed by atoms with van der Waals surface area (Å²) in [6.45, 7) is 1.00. The molecule has 0 unspecified atom stereocenters. The highest BCUT2D eigenvalue weighted by Crippen LogP contribution is 2.28. The van der Waals surface area contributed by atoms with Gasteiger partial charge in [-0.25, -0.2) is 13.5 Å². The first kappa shape index (κ1) is 13.3. The first-order valence-electron chi connectivity index (χ1n) is 6.91. The van der Waals surface area contributed by atoms with E-state index >= 15 is 0 Å². The number of hydrogen-bond acceptors (Lipinski definition) is 3. The molecule has 1 amide bonds. The van der Waals surface area contributed by atoms with Crippen molar-refractivity contribution in [3.8, 4) is 5.88 Å². The van der Waals surface area contributed by atoms with E-state index in [4.69, 9.17) is 4.74 Å². The van der Waals surface area contributed by atoms with Crippen LogP contribution in [-0.2, 0) is 6.54 Å². The summed E-state index contributed by atoms with van der Waals surface area (Å²) in [7, 11) is 0. The largest absolute Gasteiger partial charge is 0.476 e. The number of carbonyl (C=O) groups excluding carboxylic acids is 1. The zero-order valence-electron chi connectivity index (χ0n) is 11.1. The Kier molecular flexibility index (Phi) is 3.58. The number of hydrogen-bond donors (Lipinski definition) is 0. The van der Waals surface area contributed by atoms with Crippen LogP contribution in [0.15, 0.2) is 6.07 Å². The van der Waals surface area contributed by atoms with E-state index in [1.807, 2.05) is 0 Å². The molecule has 1 saturated carbocycles. The van der Waals surface area contributed by atoms with E-state index in [1.165, 1.54) is 11.0 Å². The average Bonchev–Trinajstić information content (AvgIpc) is 2.90. The lowest BCUT2D eigenvalue weighted by atomic mass is 9.85. The third-order valence-corrected chi connectivity index (χ3v) is 3.86. The quantitative estimate of drug-likeness (QED) is 0.828. The third-order valence-electron chi connectivity index (χ3n) is 3.86. The van der Waals surface area contributed by atoms with Crippen LogP contribution in [0.5, 0.6) is 5.88 Å². The molecule has 0 bridgehead atoms. The van der Waals surface area contributed by atoms with Gasteiger partial charge in [0.15, 0.2) is 5.69 Å². The number of aromatic nitrogens is 2. The lowest BCUT2D eigenvalue weighted by Gasteiger charge is -2.31. The van der Waals surface area contributed by atoms with Gasteiger partial charge < -0.3 is 9.64 Å². The molecular weight excluding hydrogens is 268 g/mol. The van der Waals surface area contributed by atoms with E-state index in [1.54, 1.807) is 4.68 Å². The topological polar surface area (TPSA) is 47.4 Å². The molecule has 7 heteroatoms. The second-order valence-corrected chi connectivity index (χ2v) is 5.34. The minimum atomic E-state index is -2.52. The summed E-state index contributed by atoms with van der Waals surface area (Å²) < 4.78 is 32.2. The molecule has 0 spiro atoms. The van der Waals surface area contributed by atoms with Gasteiger partial charge in [-0.3, -0.25) is 4.79 Å². The van der Waals surface area contributed by atoms with Crippen LogP contribution in [0, 0.1) is 5.92 Å². The molecule has 1 aliphatic heterocycles. The lowest BCUT2D eigenvalue weighted by Crippen LogP contribution is -2.40. The second kappa shape index (κ2) is 5.38. The highest BCUT2D eigenvalue weighted by molar-refractivity contribution is 5.92. The highest BCUT2D eigenvalue weighted by Gasteiger charge is 2.29. The van der Waals surface area contributed by atoms with Gasteiger partial charge in [-0.1, -0.05) is 6.42 Å². The van der Waals surface area contributed by atoms with Crippen LogP contribution in [-0.4, -0.2) is 46.7 Å². The molecule has 1 aromatic rings. The summed E-state index contributed by atoms with van der Waals surface area (Å²) in [5.74, 6) is 0.458. The van der Waals surface area contributed by atoms with E-state index in [0.717, 1.165) is 19.3 Å². The smallest absolute Gasteiger partial charge is 0.274 e. The van der Waals surface area contributed by atoms with E-state index in [-0.39, 0.29) is 5.69 Å². The summed E-state index contributed by atoms with van der Waals surface area (Å²) in [5.41, 5.74) is 0.194. The van der Waals surface area contributed by atoms with Gasteiger partial charge in [-0.15, -0.1) is 0 Å². The predicted octanol–water partition coefficient (Wildman–Crippen LogP) is 1.78. The fraction of sp³-hybridized carbons (Fsp3) is 0.692. The van der Waals surface area contributed by atoms with Crippen molar-refractivity contribution < 1.29 is 18.3 Å². The lowest BCUT2D eigenvalue weighted by molar-refractivity contribution is 0.0464. The molecule has 3 rings (SSSR count). The minimum absolute atomic E-state index is 0.194. The fourth-order valence-electron chi connectivity index (χ4n) is 2.57. The fourth-order valence-corrected chi connectivity index (χ4v) is 2.57. The van der Waals surface area contributed by atoms with Gasteiger partial charge in [-0.05, 0) is 18.8 Å². The molecule has 2 heterocycles. The monoisotopic (exact) mass is 285 g/mol. The summed E-state index contributed by atoms with van der Waals surface area (Å²) in [6.07, 6.45) is 0.615. The van der Waals surface area contributed by atoms with Crippen LogP contribution in [0.3, 0.4) is 0 Å². The molecule has 0 atom stereocenters. The average molecular weight is 285 g/mol. The summed E-state index contributed by atoms with van der Waals surface area (Å²) in [5, 5.41) is 4.13. The number of carbonyl (C=O) groups is 1. The molecule has 5 nitrogen and oxygen atoms in total. The summed E-state index contributed by atoms with van der Waals surface area (Å²) in [6, 6.07) is 1.54. The Morgan fingerprint density at radius 2 is 2.35 bits per heavy atom. The SMILES string of the molecule is O=C(c1cc2n(n1)CCO2)N(CC(F)F)CC1CCC1. The van der Waals surface area contributed by atoms with Crippen molar-refractivity contribution in [3.63, 3.8) is 0 Å². The van der Waals surface area contributed by atoms with Crippen molar-refractivity contribution >= 4 is 5.91 Å². The maximum absolute atomic E-state index is 12.7. The van der Waals surface area contributed by atoms with Crippen LogP contribution in [0.1, 0.15) is 29.8 Å². The zero-order valence-corrected chi connectivity index (χ0v) is 11.1. The normalized spacial score (nSPS) is 17.8. The standard InChI is InChI=1S/C13H17F2N3O2/c14-11(15)8-17(7-9-2-1-3-9)13(19)10-6-12-18(16-10)4-5-20-12/h6,9,11H,1-5,7-8H2. The molecule has 20 heavy (non-hydrogen) atoms. The number of nitrogens with zero attached hydrogens (tertiary/aromatic N) is 3. The Hall–Kier alpha value is -1.66. The van der Waals surface area contributed by atoms with Gasteiger partial charge in [0.05, 0.1) is 13.1 Å². The van der Waals surface area contributed by atoms with Crippen molar-refractivity contribution in [1.29, 1.82) is 0 Å². The van der Waals surface area contributed by atoms with Crippen molar-refractivity contribution in [3.05, 3.63) is 11.8 Å². The number of fused-ring (bicyclic) bond motifs is 1. The molecule has 110 valence electrons. The second-order valence-electron chi connectivity index (χ2n) is 5.34. The molecule has 0 N–H and O–H groups in total. The zero-order chi connectivity index (χ0) is 14.1. The molecular formula is C13H17F2N3O2. The van der Waals surface area contributed by atoms with E-state index in [9.17, 15) is 13.6 Å². The van der Waals surface area contributed by atoms with Crippen LogP contribution in [0.2, 0.25) is 0 Å². The van der Waals surface area contributed by atoms with Gasteiger partial charge in [0.2, 0.25) is 5.88 Å². The number of halogens is 2. The van der Waals surface area contributed by atoms with E-state index < -0.39 is 18.9 Å². The van der Waals surface area contributed by atoms with Crippen LogP contribution in [0.25, 0.3) is 0 Å². The van der Waals surface area contributed by atoms with Gasteiger partial charge >= 0.3 is 0 Å². The van der Waals surface area contributed by atoms with Crippen molar-refractivity contribution in [2.45, 2.75) is 32.2 Å². The van der Waals surface area contributed by atoms with E-state index in [0.29, 0.717) is 31.5 Å². The number of alkyl halides is 2. The third kappa shape index (κ3) is 2.62. The van der Waals surface area contributed by atoms with Crippen LogP contribution >= 0.6 is 0 Å².